The third-order valence-electron chi connectivity index (χ3n) is 2.17. The number of carbonyl (C=O) groups is 1. The van der Waals surface area contributed by atoms with E-state index in [0.29, 0.717) is 12.2 Å². The highest BCUT2D eigenvalue weighted by Gasteiger charge is 2.23. The molecule has 0 aliphatic rings. The highest BCUT2D eigenvalue weighted by atomic mass is 16.5. The van der Waals surface area contributed by atoms with Gasteiger partial charge in [0.25, 0.3) is 0 Å². The predicted octanol–water partition coefficient (Wildman–Crippen LogP) is 2.40. The summed E-state index contributed by atoms with van der Waals surface area (Å²) in [6, 6.07) is 7.10. The van der Waals surface area contributed by atoms with Crippen LogP contribution in [0.25, 0.3) is 0 Å². The van der Waals surface area contributed by atoms with Crippen LogP contribution in [0.1, 0.15) is 37.6 Å². The molecule has 0 radical (unpaired) electrons. The average Bonchev–Trinajstić information content (AvgIpc) is 2.25. The van der Waals surface area contributed by atoms with Gasteiger partial charge in [0.1, 0.15) is 5.75 Å². The van der Waals surface area contributed by atoms with Crippen molar-refractivity contribution in [3.05, 3.63) is 29.8 Å². The summed E-state index contributed by atoms with van der Waals surface area (Å²) in [5.74, 6) is 0.725. The standard InChI is InChI=1S/C13H19NO2/c1-4-9-16-11-7-5-10(6-8-11)12(15)13(2,3)14/h5-8H,4,9,14H2,1-3H3. The van der Waals surface area contributed by atoms with Crippen molar-refractivity contribution in [1.82, 2.24) is 0 Å². The Morgan fingerprint density at radius 2 is 1.88 bits per heavy atom. The molecule has 3 heteroatoms. The van der Waals surface area contributed by atoms with Crippen molar-refractivity contribution in [2.24, 2.45) is 5.73 Å². The SMILES string of the molecule is CCCOc1ccc(C(=O)C(C)(C)N)cc1. The summed E-state index contributed by atoms with van der Waals surface area (Å²) in [6.45, 7) is 6.15. The van der Waals surface area contributed by atoms with Crippen LogP contribution in [0, 0.1) is 0 Å². The number of hydrogen-bond acceptors (Lipinski definition) is 3. The zero-order valence-corrected chi connectivity index (χ0v) is 10.1. The maximum absolute atomic E-state index is 11.8. The lowest BCUT2D eigenvalue weighted by Gasteiger charge is -2.16. The van der Waals surface area contributed by atoms with Gasteiger partial charge < -0.3 is 10.5 Å². The topological polar surface area (TPSA) is 52.3 Å². The van der Waals surface area contributed by atoms with Gasteiger partial charge in [0.05, 0.1) is 12.1 Å². The summed E-state index contributed by atoms with van der Waals surface area (Å²) in [4.78, 5) is 11.8. The smallest absolute Gasteiger partial charge is 0.182 e. The Kier molecular flexibility index (Phi) is 4.07. The molecule has 16 heavy (non-hydrogen) atoms. The van der Waals surface area contributed by atoms with Crippen molar-refractivity contribution in [2.75, 3.05) is 6.61 Å². The van der Waals surface area contributed by atoms with Crippen LogP contribution in [0.4, 0.5) is 0 Å². The number of Topliss-reactive ketones (excluding diaryl/α,β-unsaturated/α-hetero) is 1. The summed E-state index contributed by atoms with van der Waals surface area (Å²) >= 11 is 0. The first kappa shape index (κ1) is 12.7. The third-order valence-corrected chi connectivity index (χ3v) is 2.17. The number of carbonyl (C=O) groups excluding carboxylic acids is 1. The zero-order valence-electron chi connectivity index (χ0n) is 10.1. The van der Waals surface area contributed by atoms with E-state index in [0.717, 1.165) is 12.2 Å². The van der Waals surface area contributed by atoms with Crippen LogP contribution >= 0.6 is 0 Å². The first-order chi connectivity index (χ1) is 7.45. The number of ether oxygens (including phenoxy) is 1. The predicted molar refractivity (Wildman–Crippen MR) is 64.8 cm³/mol. The molecule has 0 spiro atoms. The van der Waals surface area contributed by atoms with E-state index in [1.54, 1.807) is 38.1 Å². The second kappa shape index (κ2) is 5.12. The van der Waals surface area contributed by atoms with Crippen LogP contribution in [-0.2, 0) is 0 Å². The largest absolute Gasteiger partial charge is 0.494 e. The molecule has 0 bridgehead atoms. The molecule has 2 N–H and O–H groups in total. The highest BCUT2D eigenvalue weighted by molar-refractivity contribution is 6.02. The van der Waals surface area contributed by atoms with Crippen LogP contribution in [0.3, 0.4) is 0 Å². The summed E-state index contributed by atoms with van der Waals surface area (Å²) < 4.78 is 5.43. The van der Waals surface area contributed by atoms with E-state index in [-0.39, 0.29) is 5.78 Å². The van der Waals surface area contributed by atoms with E-state index in [2.05, 4.69) is 6.92 Å². The summed E-state index contributed by atoms with van der Waals surface area (Å²) in [6.07, 6.45) is 0.969. The minimum Gasteiger partial charge on any atom is -0.494 e. The van der Waals surface area contributed by atoms with E-state index in [9.17, 15) is 4.79 Å². The first-order valence-electron chi connectivity index (χ1n) is 5.51. The Hall–Kier alpha value is -1.35. The molecule has 1 aromatic rings. The first-order valence-corrected chi connectivity index (χ1v) is 5.51. The normalized spacial score (nSPS) is 11.2. The zero-order chi connectivity index (χ0) is 12.2. The molecule has 1 rings (SSSR count). The van der Waals surface area contributed by atoms with Gasteiger partial charge in [-0.1, -0.05) is 6.92 Å². The van der Waals surface area contributed by atoms with Crippen LogP contribution in [0.15, 0.2) is 24.3 Å². The Morgan fingerprint density at radius 3 is 2.31 bits per heavy atom. The lowest BCUT2D eigenvalue weighted by atomic mass is 9.94. The van der Waals surface area contributed by atoms with Crippen LogP contribution in [0.5, 0.6) is 5.75 Å². The fraction of sp³-hybridized carbons (Fsp3) is 0.462. The molecule has 0 fully saturated rings. The molecule has 0 amide bonds. The highest BCUT2D eigenvalue weighted by Crippen LogP contribution is 2.16. The fourth-order valence-corrected chi connectivity index (χ4v) is 1.29. The Morgan fingerprint density at radius 1 is 1.31 bits per heavy atom. The number of hydrogen-bond donors (Lipinski definition) is 1. The van der Waals surface area contributed by atoms with Gasteiger partial charge in [0.2, 0.25) is 0 Å². The van der Waals surface area contributed by atoms with E-state index in [1.807, 2.05) is 0 Å². The number of ketones is 1. The van der Waals surface area contributed by atoms with E-state index >= 15 is 0 Å². The Labute approximate surface area is 96.6 Å². The maximum atomic E-state index is 11.8. The minimum absolute atomic E-state index is 0.0606. The minimum atomic E-state index is -0.828. The molecule has 0 saturated carbocycles. The van der Waals surface area contributed by atoms with Gasteiger partial charge >= 0.3 is 0 Å². The van der Waals surface area contributed by atoms with E-state index in [4.69, 9.17) is 10.5 Å². The van der Waals surface area contributed by atoms with Crippen LogP contribution < -0.4 is 10.5 Å². The van der Waals surface area contributed by atoms with Gasteiger partial charge in [0.15, 0.2) is 5.78 Å². The molecule has 0 atom stereocenters. The number of benzene rings is 1. The second-order valence-electron chi connectivity index (χ2n) is 4.42. The molecule has 88 valence electrons. The quantitative estimate of drug-likeness (QED) is 0.777. The maximum Gasteiger partial charge on any atom is 0.182 e. The third kappa shape index (κ3) is 3.35. The molecule has 0 aromatic heterocycles. The molecule has 3 nitrogen and oxygen atoms in total. The van der Waals surface area contributed by atoms with Crippen molar-refractivity contribution >= 4 is 5.78 Å². The van der Waals surface area contributed by atoms with Gasteiger partial charge in [-0.25, -0.2) is 0 Å². The van der Waals surface area contributed by atoms with Gasteiger partial charge in [-0.3, -0.25) is 4.79 Å². The molecule has 0 aliphatic carbocycles. The molecule has 0 heterocycles. The second-order valence-corrected chi connectivity index (χ2v) is 4.42. The van der Waals surface area contributed by atoms with Crippen molar-refractivity contribution in [1.29, 1.82) is 0 Å². The summed E-state index contributed by atoms with van der Waals surface area (Å²) in [7, 11) is 0. The van der Waals surface area contributed by atoms with E-state index in [1.165, 1.54) is 0 Å². The van der Waals surface area contributed by atoms with Gasteiger partial charge in [-0.2, -0.15) is 0 Å². The Bertz CT molecular complexity index is 349. The van der Waals surface area contributed by atoms with E-state index < -0.39 is 5.54 Å². The van der Waals surface area contributed by atoms with Crippen LogP contribution in [-0.4, -0.2) is 17.9 Å². The molecular weight excluding hydrogens is 202 g/mol. The molecule has 1 aromatic carbocycles. The summed E-state index contributed by atoms with van der Waals surface area (Å²) in [5.41, 5.74) is 5.54. The summed E-state index contributed by atoms with van der Waals surface area (Å²) in [5, 5.41) is 0. The van der Waals surface area contributed by atoms with Crippen molar-refractivity contribution in [3.8, 4) is 5.75 Å². The van der Waals surface area contributed by atoms with Crippen molar-refractivity contribution in [2.45, 2.75) is 32.7 Å². The molecule has 0 aliphatic heterocycles. The Balaban J connectivity index is 2.75. The van der Waals surface area contributed by atoms with Crippen molar-refractivity contribution in [3.63, 3.8) is 0 Å². The fourth-order valence-electron chi connectivity index (χ4n) is 1.29. The molecule has 0 unspecified atom stereocenters. The monoisotopic (exact) mass is 221 g/mol. The lowest BCUT2D eigenvalue weighted by Crippen LogP contribution is -2.41. The lowest BCUT2D eigenvalue weighted by molar-refractivity contribution is 0.0913. The number of rotatable bonds is 5. The molecular formula is C13H19NO2. The number of nitrogens with two attached hydrogens (primary N) is 1. The molecule has 0 saturated heterocycles. The average molecular weight is 221 g/mol. The van der Waals surface area contributed by atoms with Gasteiger partial charge in [-0.05, 0) is 44.5 Å². The van der Waals surface area contributed by atoms with Crippen LogP contribution in [0.2, 0.25) is 0 Å². The van der Waals surface area contributed by atoms with Crippen molar-refractivity contribution < 1.29 is 9.53 Å². The van der Waals surface area contributed by atoms with Gasteiger partial charge in [0, 0.05) is 5.56 Å². The van der Waals surface area contributed by atoms with Gasteiger partial charge in [-0.15, -0.1) is 0 Å².